The summed E-state index contributed by atoms with van der Waals surface area (Å²) in [5.41, 5.74) is 0.768. The minimum atomic E-state index is 0.0442. The lowest BCUT2D eigenvalue weighted by Gasteiger charge is -2.40. The van der Waals surface area contributed by atoms with Crippen molar-refractivity contribution in [2.75, 3.05) is 52.4 Å². The van der Waals surface area contributed by atoms with Crippen LogP contribution in [0.4, 0.5) is 0 Å². The molecule has 3 saturated heterocycles. The van der Waals surface area contributed by atoms with Crippen molar-refractivity contribution in [2.45, 2.75) is 32.1 Å². The number of likely N-dealkylation sites (tertiary alicyclic amines) is 3. The van der Waals surface area contributed by atoms with E-state index in [1.54, 1.807) is 18.6 Å². The molecule has 1 spiro atoms. The van der Waals surface area contributed by atoms with Gasteiger partial charge in [-0.25, -0.2) is 4.98 Å². The first-order chi connectivity index (χ1) is 12.2. The molecule has 136 valence electrons. The monoisotopic (exact) mass is 343 g/mol. The van der Waals surface area contributed by atoms with E-state index in [4.69, 9.17) is 0 Å². The topological polar surface area (TPSA) is 52.6 Å². The van der Waals surface area contributed by atoms with Crippen molar-refractivity contribution in [1.29, 1.82) is 0 Å². The van der Waals surface area contributed by atoms with Gasteiger partial charge in [0, 0.05) is 50.5 Å². The lowest BCUT2D eigenvalue weighted by atomic mass is 9.79. The van der Waals surface area contributed by atoms with Crippen LogP contribution < -0.4 is 0 Å². The lowest BCUT2D eigenvalue weighted by Crippen LogP contribution is -2.47. The van der Waals surface area contributed by atoms with E-state index in [1.807, 2.05) is 4.90 Å². The van der Waals surface area contributed by atoms with Crippen LogP contribution in [0.3, 0.4) is 0 Å². The highest BCUT2D eigenvalue weighted by atomic mass is 16.2. The van der Waals surface area contributed by atoms with Crippen molar-refractivity contribution in [3.63, 3.8) is 0 Å². The molecule has 6 nitrogen and oxygen atoms in total. The Labute approximate surface area is 150 Å². The molecule has 3 fully saturated rings. The Bertz CT molecular complexity index is 589. The van der Waals surface area contributed by atoms with Gasteiger partial charge in [0.15, 0.2) is 0 Å². The van der Waals surface area contributed by atoms with Gasteiger partial charge in [-0.05, 0) is 51.7 Å². The molecule has 0 aromatic carbocycles. The van der Waals surface area contributed by atoms with Crippen molar-refractivity contribution in [2.24, 2.45) is 5.41 Å². The van der Waals surface area contributed by atoms with E-state index in [-0.39, 0.29) is 5.91 Å². The summed E-state index contributed by atoms with van der Waals surface area (Å²) in [6.45, 7) is 9.00. The number of hydrogen-bond donors (Lipinski definition) is 0. The molecule has 1 aromatic heterocycles. The molecule has 0 radical (unpaired) electrons. The van der Waals surface area contributed by atoms with Crippen LogP contribution in [0.1, 0.15) is 42.6 Å². The predicted octanol–water partition coefficient (Wildman–Crippen LogP) is 1.50. The SMILES string of the molecule is O=C(c1cnccn1)N1CCCC2(CCN(CCN3CCCC3)C2)C1. The van der Waals surface area contributed by atoms with Gasteiger partial charge in [-0.1, -0.05) is 0 Å². The van der Waals surface area contributed by atoms with E-state index in [1.165, 1.54) is 58.4 Å². The van der Waals surface area contributed by atoms with Crippen LogP contribution in [0.25, 0.3) is 0 Å². The zero-order valence-corrected chi connectivity index (χ0v) is 15.1. The van der Waals surface area contributed by atoms with E-state index in [0.29, 0.717) is 11.1 Å². The van der Waals surface area contributed by atoms with Crippen LogP contribution in [0, 0.1) is 5.41 Å². The van der Waals surface area contributed by atoms with Crippen molar-refractivity contribution in [1.82, 2.24) is 24.7 Å². The molecule has 1 amide bonds. The van der Waals surface area contributed by atoms with Crippen molar-refractivity contribution >= 4 is 5.91 Å². The molecule has 1 atom stereocenters. The second-order valence-corrected chi connectivity index (χ2v) is 8.00. The fourth-order valence-corrected chi connectivity index (χ4v) is 4.79. The van der Waals surface area contributed by atoms with Crippen LogP contribution in [-0.4, -0.2) is 82.9 Å². The molecule has 0 N–H and O–H groups in total. The number of carbonyl (C=O) groups excluding carboxylic acids is 1. The number of piperidine rings is 1. The summed E-state index contributed by atoms with van der Waals surface area (Å²) in [5, 5.41) is 0. The second kappa shape index (κ2) is 7.38. The number of amides is 1. The Balaban J connectivity index is 1.33. The minimum absolute atomic E-state index is 0.0442. The number of rotatable bonds is 4. The van der Waals surface area contributed by atoms with E-state index >= 15 is 0 Å². The molecular formula is C19H29N5O. The zero-order valence-electron chi connectivity index (χ0n) is 15.1. The van der Waals surface area contributed by atoms with Crippen molar-refractivity contribution in [3.8, 4) is 0 Å². The van der Waals surface area contributed by atoms with E-state index in [2.05, 4.69) is 19.8 Å². The highest BCUT2D eigenvalue weighted by Gasteiger charge is 2.42. The number of nitrogens with zero attached hydrogens (tertiary/aromatic N) is 5. The fourth-order valence-electron chi connectivity index (χ4n) is 4.79. The Morgan fingerprint density at radius 1 is 0.960 bits per heavy atom. The van der Waals surface area contributed by atoms with E-state index < -0.39 is 0 Å². The van der Waals surface area contributed by atoms with E-state index in [9.17, 15) is 4.79 Å². The second-order valence-electron chi connectivity index (χ2n) is 8.00. The largest absolute Gasteiger partial charge is 0.337 e. The van der Waals surface area contributed by atoms with E-state index in [0.717, 1.165) is 26.1 Å². The predicted molar refractivity (Wildman–Crippen MR) is 96.3 cm³/mol. The summed E-state index contributed by atoms with van der Waals surface area (Å²) in [6.07, 6.45) is 11.1. The molecule has 6 heteroatoms. The Hall–Kier alpha value is -1.53. The molecule has 0 aliphatic carbocycles. The van der Waals surface area contributed by atoms with Gasteiger partial charge in [-0.3, -0.25) is 9.78 Å². The number of carbonyl (C=O) groups is 1. The van der Waals surface area contributed by atoms with Gasteiger partial charge in [0.2, 0.25) is 0 Å². The zero-order chi connectivity index (χ0) is 17.1. The average Bonchev–Trinajstić information content (AvgIpc) is 3.30. The molecule has 4 heterocycles. The molecule has 0 bridgehead atoms. The third-order valence-corrected chi connectivity index (χ3v) is 6.18. The summed E-state index contributed by atoms with van der Waals surface area (Å²) >= 11 is 0. The molecule has 0 saturated carbocycles. The van der Waals surface area contributed by atoms with Crippen molar-refractivity contribution in [3.05, 3.63) is 24.3 Å². The van der Waals surface area contributed by atoms with Gasteiger partial charge in [0.05, 0.1) is 6.20 Å². The Kier molecular flexibility index (Phi) is 4.99. The van der Waals surface area contributed by atoms with Gasteiger partial charge >= 0.3 is 0 Å². The first-order valence-electron chi connectivity index (χ1n) is 9.74. The minimum Gasteiger partial charge on any atom is -0.337 e. The van der Waals surface area contributed by atoms with Gasteiger partial charge in [-0.2, -0.15) is 0 Å². The van der Waals surface area contributed by atoms with Gasteiger partial charge in [0.25, 0.3) is 5.91 Å². The third-order valence-electron chi connectivity index (χ3n) is 6.18. The molecule has 25 heavy (non-hydrogen) atoms. The summed E-state index contributed by atoms with van der Waals surface area (Å²) in [5.74, 6) is 0.0442. The Morgan fingerprint density at radius 2 is 1.80 bits per heavy atom. The first kappa shape index (κ1) is 16.9. The van der Waals surface area contributed by atoms with Gasteiger partial charge in [-0.15, -0.1) is 0 Å². The number of aromatic nitrogens is 2. The maximum absolute atomic E-state index is 12.7. The van der Waals surface area contributed by atoms with Gasteiger partial charge in [0.1, 0.15) is 5.69 Å². The Morgan fingerprint density at radius 3 is 2.60 bits per heavy atom. The van der Waals surface area contributed by atoms with Crippen LogP contribution >= 0.6 is 0 Å². The van der Waals surface area contributed by atoms with Crippen LogP contribution in [-0.2, 0) is 0 Å². The molecule has 1 unspecified atom stereocenters. The standard InChI is InChI=1S/C19H29N5O/c25-18(17-14-20-6-7-21-17)24-10-3-4-19(16-24)5-11-23(15-19)13-12-22-8-1-2-9-22/h6-7,14H,1-5,8-13,15-16H2. The average molecular weight is 343 g/mol. The van der Waals surface area contributed by atoms with Gasteiger partial charge < -0.3 is 14.7 Å². The maximum Gasteiger partial charge on any atom is 0.274 e. The van der Waals surface area contributed by atoms with Crippen molar-refractivity contribution < 1.29 is 4.79 Å². The van der Waals surface area contributed by atoms with Crippen LogP contribution in [0.2, 0.25) is 0 Å². The number of hydrogen-bond acceptors (Lipinski definition) is 5. The smallest absolute Gasteiger partial charge is 0.274 e. The lowest BCUT2D eigenvalue weighted by molar-refractivity contribution is 0.0521. The molecular weight excluding hydrogens is 314 g/mol. The molecule has 4 rings (SSSR count). The quantitative estimate of drug-likeness (QED) is 0.829. The summed E-state index contributed by atoms with van der Waals surface area (Å²) in [6, 6.07) is 0. The molecule has 3 aliphatic heterocycles. The summed E-state index contributed by atoms with van der Waals surface area (Å²) in [7, 11) is 0. The maximum atomic E-state index is 12.7. The fraction of sp³-hybridized carbons (Fsp3) is 0.737. The molecule has 3 aliphatic rings. The third kappa shape index (κ3) is 3.85. The first-order valence-corrected chi connectivity index (χ1v) is 9.74. The highest BCUT2D eigenvalue weighted by Crippen LogP contribution is 2.39. The summed E-state index contributed by atoms with van der Waals surface area (Å²) in [4.78, 5) is 28.2. The van der Waals surface area contributed by atoms with Crippen LogP contribution in [0.5, 0.6) is 0 Å². The van der Waals surface area contributed by atoms with Crippen LogP contribution in [0.15, 0.2) is 18.6 Å². The summed E-state index contributed by atoms with van der Waals surface area (Å²) < 4.78 is 0. The normalized spacial score (nSPS) is 28.1. The molecule has 1 aromatic rings. The highest BCUT2D eigenvalue weighted by molar-refractivity contribution is 5.92.